The topological polar surface area (TPSA) is 109 Å². The summed E-state index contributed by atoms with van der Waals surface area (Å²) in [6.45, 7) is 9.53. The number of aromatic nitrogens is 3. The van der Waals surface area contributed by atoms with E-state index in [2.05, 4.69) is 60.1 Å². The first-order chi connectivity index (χ1) is 16.2. The standard InChI is InChI=1S/C25H29N7OS/c1-15-10-16(19-8-9-28-24(31-19)29-18(11-26)12-27-5)6-7-17(15)13-32-14-20-21(22(32)33)34-23(30-20)25(2,3)4/h6-12H,13-14,26H2,1-5H3,(H,28,29,31). The number of amides is 1. The molecule has 0 saturated heterocycles. The van der Waals surface area contributed by atoms with Crippen molar-refractivity contribution in [2.24, 2.45) is 10.7 Å². The minimum Gasteiger partial charge on any atom is -0.403 e. The molecule has 3 heterocycles. The summed E-state index contributed by atoms with van der Waals surface area (Å²) in [4.78, 5) is 33.2. The van der Waals surface area contributed by atoms with E-state index in [1.54, 1.807) is 19.5 Å². The number of nitrogens with one attached hydrogen (secondary N) is 1. The van der Waals surface area contributed by atoms with Crippen LogP contribution in [0.3, 0.4) is 0 Å². The lowest BCUT2D eigenvalue weighted by Gasteiger charge is -2.19. The van der Waals surface area contributed by atoms with Crippen LogP contribution in [-0.2, 0) is 18.5 Å². The van der Waals surface area contributed by atoms with E-state index in [4.69, 9.17) is 10.7 Å². The maximum Gasteiger partial charge on any atom is 0.266 e. The van der Waals surface area contributed by atoms with Crippen LogP contribution in [0, 0.1) is 6.92 Å². The van der Waals surface area contributed by atoms with Gasteiger partial charge in [0.2, 0.25) is 5.95 Å². The average molecular weight is 476 g/mol. The molecule has 0 spiro atoms. The summed E-state index contributed by atoms with van der Waals surface area (Å²) in [6.07, 6.45) is 4.72. The van der Waals surface area contributed by atoms with E-state index in [9.17, 15) is 4.79 Å². The second kappa shape index (κ2) is 9.34. The number of benzene rings is 1. The first kappa shape index (κ1) is 23.6. The molecule has 0 fully saturated rings. The van der Waals surface area contributed by atoms with Gasteiger partial charge in [-0.15, -0.1) is 11.3 Å². The van der Waals surface area contributed by atoms with Crippen LogP contribution in [0.2, 0.25) is 0 Å². The van der Waals surface area contributed by atoms with Crippen LogP contribution in [0.15, 0.2) is 47.4 Å². The fraction of sp³-hybridized carbons (Fsp3) is 0.320. The number of nitrogens with two attached hydrogens (primary N) is 1. The molecule has 1 aliphatic heterocycles. The molecule has 3 N–H and O–H groups in total. The average Bonchev–Trinajstić information content (AvgIpc) is 3.35. The summed E-state index contributed by atoms with van der Waals surface area (Å²) in [5.41, 5.74) is 11.0. The highest BCUT2D eigenvalue weighted by Gasteiger charge is 2.34. The van der Waals surface area contributed by atoms with E-state index in [-0.39, 0.29) is 11.3 Å². The number of hydrogen-bond donors (Lipinski definition) is 2. The van der Waals surface area contributed by atoms with Crippen molar-refractivity contribution in [1.29, 1.82) is 0 Å². The van der Waals surface area contributed by atoms with Gasteiger partial charge in [0.1, 0.15) is 4.88 Å². The SMILES string of the molecule is CN=CC(=CN)Nc1nccc(-c2ccc(CN3Cc4nc(C(C)(C)C)sc4C3=O)c(C)c2)n1. The zero-order valence-corrected chi connectivity index (χ0v) is 20.9. The van der Waals surface area contributed by atoms with E-state index >= 15 is 0 Å². The van der Waals surface area contributed by atoms with Crippen LogP contribution < -0.4 is 11.1 Å². The number of aliphatic imine (C=N–C) groups is 1. The maximum atomic E-state index is 13.0. The van der Waals surface area contributed by atoms with E-state index in [0.717, 1.165) is 38.0 Å². The molecule has 8 nitrogen and oxygen atoms in total. The molecule has 0 unspecified atom stereocenters. The van der Waals surface area contributed by atoms with Gasteiger partial charge in [-0.1, -0.05) is 32.9 Å². The lowest BCUT2D eigenvalue weighted by Crippen LogP contribution is -2.24. The minimum atomic E-state index is -0.0469. The summed E-state index contributed by atoms with van der Waals surface area (Å²) in [6, 6.07) is 8.03. The monoisotopic (exact) mass is 475 g/mol. The molecule has 1 aliphatic rings. The Bertz CT molecular complexity index is 1290. The Kier molecular flexibility index (Phi) is 6.47. The largest absolute Gasteiger partial charge is 0.403 e. The Morgan fingerprint density at radius 2 is 2.09 bits per heavy atom. The quantitative estimate of drug-likeness (QED) is 0.515. The molecular weight excluding hydrogens is 446 g/mol. The second-order valence-electron chi connectivity index (χ2n) is 9.25. The van der Waals surface area contributed by atoms with Gasteiger partial charge in [-0.3, -0.25) is 9.79 Å². The molecular formula is C25H29N7OS. The van der Waals surface area contributed by atoms with Crippen LogP contribution >= 0.6 is 11.3 Å². The van der Waals surface area contributed by atoms with Crippen molar-refractivity contribution in [3.63, 3.8) is 0 Å². The van der Waals surface area contributed by atoms with Gasteiger partial charge in [0.25, 0.3) is 5.91 Å². The van der Waals surface area contributed by atoms with Crippen molar-refractivity contribution in [3.05, 3.63) is 69.1 Å². The minimum absolute atomic E-state index is 0.0469. The van der Waals surface area contributed by atoms with Crippen molar-refractivity contribution in [2.75, 3.05) is 12.4 Å². The number of aryl methyl sites for hydroxylation is 1. The van der Waals surface area contributed by atoms with Crippen LogP contribution in [0.1, 0.15) is 52.3 Å². The van der Waals surface area contributed by atoms with Gasteiger partial charge in [0, 0.05) is 43.2 Å². The number of carbonyl (C=O) groups is 1. The van der Waals surface area contributed by atoms with Gasteiger partial charge in [-0.2, -0.15) is 0 Å². The van der Waals surface area contributed by atoms with Crippen molar-refractivity contribution < 1.29 is 4.79 Å². The summed E-state index contributed by atoms with van der Waals surface area (Å²) < 4.78 is 0. The van der Waals surface area contributed by atoms with Gasteiger partial charge in [-0.05, 0) is 30.2 Å². The Morgan fingerprint density at radius 3 is 2.74 bits per heavy atom. The third kappa shape index (κ3) is 4.84. The molecule has 1 amide bonds. The number of allylic oxidation sites excluding steroid dienone is 1. The first-order valence-corrected chi connectivity index (χ1v) is 11.8. The Labute approximate surface area is 203 Å². The molecule has 9 heteroatoms. The van der Waals surface area contributed by atoms with Gasteiger partial charge >= 0.3 is 0 Å². The molecule has 0 radical (unpaired) electrons. The summed E-state index contributed by atoms with van der Waals surface area (Å²) in [7, 11) is 1.67. The molecule has 176 valence electrons. The van der Waals surface area contributed by atoms with Crippen LogP contribution in [0.5, 0.6) is 0 Å². The van der Waals surface area contributed by atoms with Crippen molar-refractivity contribution in [1.82, 2.24) is 19.9 Å². The van der Waals surface area contributed by atoms with E-state index < -0.39 is 0 Å². The molecule has 3 aromatic rings. The normalized spacial score (nSPS) is 14.2. The first-order valence-electron chi connectivity index (χ1n) is 11.0. The summed E-state index contributed by atoms with van der Waals surface area (Å²) in [5, 5.41) is 4.07. The van der Waals surface area contributed by atoms with Gasteiger partial charge in [-0.25, -0.2) is 15.0 Å². The fourth-order valence-electron chi connectivity index (χ4n) is 3.67. The van der Waals surface area contributed by atoms with Crippen LogP contribution in [-0.4, -0.2) is 39.0 Å². The number of anilines is 1. The molecule has 0 saturated carbocycles. The molecule has 0 aliphatic carbocycles. The number of carbonyl (C=O) groups excluding carboxylic acids is 1. The fourth-order valence-corrected chi connectivity index (χ4v) is 4.77. The highest BCUT2D eigenvalue weighted by molar-refractivity contribution is 7.14. The molecule has 2 aromatic heterocycles. The predicted octanol–water partition coefficient (Wildman–Crippen LogP) is 4.27. The third-order valence-corrected chi connectivity index (χ3v) is 7.03. The summed E-state index contributed by atoms with van der Waals surface area (Å²) in [5.74, 6) is 0.504. The van der Waals surface area contributed by atoms with Gasteiger partial charge in [0.05, 0.1) is 28.6 Å². The van der Waals surface area contributed by atoms with Crippen molar-refractivity contribution >= 4 is 29.4 Å². The number of nitrogens with zero attached hydrogens (tertiary/aromatic N) is 5. The lowest BCUT2D eigenvalue weighted by atomic mass is 9.98. The highest BCUT2D eigenvalue weighted by atomic mass is 32.1. The zero-order valence-electron chi connectivity index (χ0n) is 20.1. The Balaban J connectivity index is 1.49. The second-order valence-corrected chi connectivity index (χ2v) is 10.2. The predicted molar refractivity (Wildman–Crippen MR) is 137 cm³/mol. The molecule has 4 rings (SSSR count). The van der Waals surface area contributed by atoms with Gasteiger partial charge in [0.15, 0.2) is 0 Å². The Morgan fingerprint density at radius 1 is 1.29 bits per heavy atom. The van der Waals surface area contributed by atoms with E-state index in [0.29, 0.717) is 24.7 Å². The highest BCUT2D eigenvalue weighted by Crippen LogP contribution is 2.35. The summed E-state index contributed by atoms with van der Waals surface area (Å²) >= 11 is 1.52. The van der Waals surface area contributed by atoms with E-state index in [1.807, 2.05) is 17.0 Å². The van der Waals surface area contributed by atoms with Crippen LogP contribution in [0.4, 0.5) is 5.95 Å². The van der Waals surface area contributed by atoms with Crippen molar-refractivity contribution in [2.45, 2.75) is 46.2 Å². The van der Waals surface area contributed by atoms with E-state index in [1.165, 1.54) is 17.5 Å². The lowest BCUT2D eigenvalue weighted by molar-refractivity contribution is 0.0769. The molecule has 0 atom stereocenters. The van der Waals surface area contributed by atoms with Crippen molar-refractivity contribution in [3.8, 4) is 11.3 Å². The third-order valence-electron chi connectivity index (χ3n) is 5.52. The Hall–Kier alpha value is -3.59. The number of rotatable bonds is 6. The molecule has 0 bridgehead atoms. The zero-order chi connectivity index (χ0) is 24.5. The number of thiazole rings is 1. The molecule has 34 heavy (non-hydrogen) atoms. The smallest absolute Gasteiger partial charge is 0.266 e. The number of fused-ring (bicyclic) bond motifs is 1. The maximum absolute atomic E-state index is 13.0. The van der Waals surface area contributed by atoms with Crippen LogP contribution in [0.25, 0.3) is 11.3 Å². The molecule has 1 aromatic carbocycles. The number of hydrogen-bond acceptors (Lipinski definition) is 8. The van der Waals surface area contributed by atoms with Gasteiger partial charge < -0.3 is 16.0 Å².